The lowest BCUT2D eigenvalue weighted by Crippen LogP contribution is -2.50. The van der Waals surface area contributed by atoms with E-state index in [0.29, 0.717) is 12.1 Å². The van der Waals surface area contributed by atoms with Crippen LogP contribution in [0.4, 0.5) is 10.5 Å². The summed E-state index contributed by atoms with van der Waals surface area (Å²) in [5.41, 5.74) is 1.60. The Hall–Kier alpha value is -2.04. The number of amides is 2. The van der Waals surface area contributed by atoms with Crippen LogP contribution in [-0.4, -0.2) is 41.1 Å². The predicted octanol–water partition coefficient (Wildman–Crippen LogP) is 1.96. The second-order valence-corrected chi connectivity index (χ2v) is 5.04. The lowest BCUT2D eigenvalue weighted by atomic mass is 10.1. The molecule has 1 aromatic carbocycles. The maximum absolute atomic E-state index is 12.5. The van der Waals surface area contributed by atoms with Gasteiger partial charge in [-0.1, -0.05) is 18.2 Å². The van der Waals surface area contributed by atoms with Gasteiger partial charge in [0.05, 0.1) is 0 Å². The van der Waals surface area contributed by atoms with Gasteiger partial charge in [0.25, 0.3) is 0 Å². The first-order chi connectivity index (χ1) is 8.93. The molecule has 0 bridgehead atoms. The van der Waals surface area contributed by atoms with Crippen LogP contribution in [-0.2, 0) is 11.2 Å². The van der Waals surface area contributed by atoms with Crippen molar-refractivity contribution in [3.63, 3.8) is 0 Å². The SMILES string of the molecule is CC(C)N(C)C(=O)N1c2ccccc2C[C@H]1C(=O)O. The quantitative estimate of drug-likeness (QED) is 0.886. The van der Waals surface area contributed by atoms with E-state index in [2.05, 4.69) is 0 Å². The van der Waals surface area contributed by atoms with Crippen LogP contribution in [0.15, 0.2) is 24.3 Å². The van der Waals surface area contributed by atoms with E-state index in [0.717, 1.165) is 5.56 Å². The fourth-order valence-corrected chi connectivity index (χ4v) is 2.21. The maximum atomic E-state index is 12.5. The van der Waals surface area contributed by atoms with Crippen molar-refractivity contribution in [2.45, 2.75) is 32.4 Å². The molecule has 0 radical (unpaired) electrons. The number of nitrogens with zero attached hydrogens (tertiary/aromatic N) is 2. The summed E-state index contributed by atoms with van der Waals surface area (Å²) in [4.78, 5) is 26.8. The number of aliphatic carboxylic acids is 1. The molecule has 2 rings (SSSR count). The van der Waals surface area contributed by atoms with Gasteiger partial charge in [0.1, 0.15) is 6.04 Å². The zero-order valence-corrected chi connectivity index (χ0v) is 11.3. The molecular formula is C14H18N2O3. The highest BCUT2D eigenvalue weighted by atomic mass is 16.4. The third kappa shape index (κ3) is 2.28. The molecule has 5 nitrogen and oxygen atoms in total. The average Bonchev–Trinajstić information content (AvgIpc) is 2.76. The Kier molecular flexibility index (Phi) is 3.46. The smallest absolute Gasteiger partial charge is 0.327 e. The molecule has 0 spiro atoms. The lowest BCUT2D eigenvalue weighted by Gasteiger charge is -2.30. The molecule has 0 fully saturated rings. The van der Waals surface area contributed by atoms with Gasteiger partial charge in [0.2, 0.25) is 0 Å². The van der Waals surface area contributed by atoms with Crippen molar-refractivity contribution in [3.8, 4) is 0 Å². The molecule has 0 aliphatic carbocycles. The summed E-state index contributed by atoms with van der Waals surface area (Å²) in [6.45, 7) is 3.80. The average molecular weight is 262 g/mol. The minimum absolute atomic E-state index is 0.0229. The minimum atomic E-state index is -0.971. The van der Waals surface area contributed by atoms with Gasteiger partial charge < -0.3 is 10.0 Å². The van der Waals surface area contributed by atoms with Crippen LogP contribution in [0.5, 0.6) is 0 Å². The Balaban J connectivity index is 2.39. The van der Waals surface area contributed by atoms with Gasteiger partial charge in [-0.15, -0.1) is 0 Å². The molecule has 1 aliphatic heterocycles. The molecule has 102 valence electrons. The van der Waals surface area contributed by atoms with Crippen molar-refractivity contribution < 1.29 is 14.7 Å². The predicted molar refractivity (Wildman–Crippen MR) is 72.3 cm³/mol. The first kappa shape index (κ1) is 13.4. The van der Waals surface area contributed by atoms with E-state index in [1.807, 2.05) is 32.0 Å². The van der Waals surface area contributed by atoms with Crippen molar-refractivity contribution in [1.82, 2.24) is 4.90 Å². The van der Waals surface area contributed by atoms with Gasteiger partial charge in [-0.05, 0) is 25.5 Å². The zero-order valence-electron chi connectivity index (χ0n) is 11.3. The summed E-state index contributed by atoms with van der Waals surface area (Å²) in [6, 6.07) is 6.28. The van der Waals surface area contributed by atoms with Crippen molar-refractivity contribution in [1.29, 1.82) is 0 Å². The molecule has 0 saturated carbocycles. The molecule has 1 aliphatic rings. The molecule has 19 heavy (non-hydrogen) atoms. The van der Waals surface area contributed by atoms with Crippen LogP contribution in [0.1, 0.15) is 19.4 Å². The molecule has 1 heterocycles. The molecule has 1 aromatic rings. The highest BCUT2D eigenvalue weighted by Crippen LogP contribution is 2.33. The first-order valence-electron chi connectivity index (χ1n) is 6.30. The molecular weight excluding hydrogens is 244 g/mol. The van der Waals surface area contributed by atoms with Gasteiger partial charge in [0, 0.05) is 25.2 Å². The largest absolute Gasteiger partial charge is 0.480 e. The summed E-state index contributed by atoms with van der Waals surface area (Å²) in [7, 11) is 1.69. The highest BCUT2D eigenvalue weighted by Gasteiger charge is 2.39. The Morgan fingerprint density at radius 2 is 2.00 bits per heavy atom. The Bertz CT molecular complexity index is 513. The third-order valence-corrected chi connectivity index (χ3v) is 3.54. The molecule has 1 atom stereocenters. The number of hydrogen-bond acceptors (Lipinski definition) is 2. The highest BCUT2D eigenvalue weighted by molar-refractivity contribution is 6.01. The standard InChI is InChI=1S/C14H18N2O3/c1-9(2)15(3)14(19)16-11-7-5-4-6-10(11)8-12(16)13(17)18/h4-7,9,12H,8H2,1-3H3,(H,17,18)/t12-/m0/s1. The number of fused-ring (bicyclic) bond motifs is 1. The van der Waals surface area contributed by atoms with E-state index in [1.54, 1.807) is 18.0 Å². The summed E-state index contributed by atoms with van der Waals surface area (Å²) in [5, 5.41) is 9.31. The summed E-state index contributed by atoms with van der Waals surface area (Å²) in [5.74, 6) is -0.971. The van der Waals surface area contributed by atoms with Gasteiger partial charge in [-0.25, -0.2) is 9.59 Å². The summed E-state index contributed by atoms with van der Waals surface area (Å²) < 4.78 is 0. The number of urea groups is 1. The topological polar surface area (TPSA) is 60.9 Å². The molecule has 5 heteroatoms. The van der Waals surface area contributed by atoms with E-state index in [1.165, 1.54) is 4.90 Å². The van der Waals surface area contributed by atoms with Crippen LogP contribution in [0, 0.1) is 0 Å². The van der Waals surface area contributed by atoms with Gasteiger partial charge in [0.15, 0.2) is 0 Å². The normalized spacial score (nSPS) is 17.5. The number of rotatable bonds is 2. The van der Waals surface area contributed by atoms with Gasteiger partial charge in [-0.2, -0.15) is 0 Å². The van der Waals surface area contributed by atoms with Crippen molar-refractivity contribution in [2.75, 3.05) is 11.9 Å². The fourth-order valence-electron chi connectivity index (χ4n) is 2.21. The molecule has 0 aromatic heterocycles. The number of hydrogen-bond donors (Lipinski definition) is 1. The van der Waals surface area contributed by atoms with Crippen molar-refractivity contribution >= 4 is 17.7 Å². The summed E-state index contributed by atoms with van der Waals surface area (Å²) in [6.07, 6.45) is 0.364. The Morgan fingerprint density at radius 1 is 1.37 bits per heavy atom. The number of carbonyl (C=O) groups excluding carboxylic acids is 1. The van der Waals surface area contributed by atoms with E-state index in [-0.39, 0.29) is 12.1 Å². The summed E-state index contributed by atoms with van der Waals surface area (Å²) >= 11 is 0. The third-order valence-electron chi connectivity index (χ3n) is 3.54. The van der Waals surface area contributed by atoms with Gasteiger partial charge in [-0.3, -0.25) is 4.90 Å². The number of anilines is 1. The monoisotopic (exact) mass is 262 g/mol. The number of benzene rings is 1. The zero-order chi connectivity index (χ0) is 14.2. The van der Waals surface area contributed by atoms with Crippen LogP contribution < -0.4 is 4.90 Å². The molecule has 2 amide bonds. The van der Waals surface area contributed by atoms with Gasteiger partial charge >= 0.3 is 12.0 Å². The van der Waals surface area contributed by atoms with Crippen LogP contribution in [0.2, 0.25) is 0 Å². The van der Waals surface area contributed by atoms with Crippen molar-refractivity contribution in [2.24, 2.45) is 0 Å². The molecule has 1 N–H and O–H groups in total. The van der Waals surface area contributed by atoms with Crippen LogP contribution in [0.3, 0.4) is 0 Å². The van der Waals surface area contributed by atoms with Crippen molar-refractivity contribution in [3.05, 3.63) is 29.8 Å². The van der Waals surface area contributed by atoms with E-state index >= 15 is 0 Å². The van der Waals surface area contributed by atoms with Crippen LogP contribution >= 0.6 is 0 Å². The Morgan fingerprint density at radius 3 is 2.58 bits per heavy atom. The van der Waals surface area contributed by atoms with Crippen LogP contribution in [0.25, 0.3) is 0 Å². The number of carboxylic acid groups (broad SMARTS) is 1. The Labute approximate surface area is 112 Å². The first-order valence-corrected chi connectivity index (χ1v) is 6.30. The minimum Gasteiger partial charge on any atom is -0.480 e. The number of carbonyl (C=O) groups is 2. The number of para-hydroxylation sites is 1. The van der Waals surface area contributed by atoms with E-state index in [4.69, 9.17) is 0 Å². The second kappa shape index (κ2) is 4.91. The molecule has 0 unspecified atom stereocenters. The maximum Gasteiger partial charge on any atom is 0.327 e. The number of carboxylic acids is 1. The lowest BCUT2D eigenvalue weighted by molar-refractivity contribution is -0.138. The fraction of sp³-hybridized carbons (Fsp3) is 0.429. The molecule has 0 saturated heterocycles. The van der Waals surface area contributed by atoms with E-state index in [9.17, 15) is 14.7 Å². The van der Waals surface area contributed by atoms with E-state index < -0.39 is 12.0 Å². The second-order valence-electron chi connectivity index (χ2n) is 5.04.